The van der Waals surface area contributed by atoms with E-state index in [0.29, 0.717) is 30.4 Å². The molecule has 6 atom stereocenters. The summed E-state index contributed by atoms with van der Waals surface area (Å²) in [6.07, 6.45) is 7.87. The molecule has 4 fully saturated rings. The Morgan fingerprint density at radius 3 is 2.16 bits per heavy atom. The Kier molecular flexibility index (Phi) is 6.94. The molecule has 6 unspecified atom stereocenters. The van der Waals surface area contributed by atoms with Crippen LogP contribution in [0.1, 0.15) is 53.2 Å². The highest BCUT2D eigenvalue weighted by Crippen LogP contribution is 2.67. The molecule has 4 aliphatic rings. The van der Waals surface area contributed by atoms with Gasteiger partial charge in [0.25, 0.3) is 10.2 Å². The van der Waals surface area contributed by atoms with Crippen molar-refractivity contribution in [1.29, 1.82) is 5.26 Å². The summed E-state index contributed by atoms with van der Waals surface area (Å²) in [5, 5.41) is 12.9. The molecule has 45 heavy (non-hydrogen) atoms. The maximum absolute atomic E-state index is 15.2. The number of carbonyl (C=O) groups is 2. The SMILES string of the molecule is CC1NC(c2ccncc2)(c2ccncc2)CN1C(=O)C12CCC(CC3C(C(=O)c4ccc(C#N)cc4)C31)N2S(=O)(=O)N(C)C. The monoisotopic (exact) mass is 625 g/mol. The van der Waals surface area contributed by atoms with Gasteiger partial charge in [-0.3, -0.25) is 24.9 Å². The molecule has 3 saturated heterocycles. The lowest BCUT2D eigenvalue weighted by Crippen LogP contribution is -2.65. The Balaban J connectivity index is 1.31. The van der Waals surface area contributed by atoms with Gasteiger partial charge in [-0.2, -0.15) is 22.3 Å². The number of benzene rings is 1. The molecule has 1 amide bonds. The number of nitrogens with zero attached hydrogens (tertiary/aromatic N) is 6. The summed E-state index contributed by atoms with van der Waals surface area (Å²) in [4.78, 5) is 39.4. The lowest BCUT2D eigenvalue weighted by Gasteiger charge is -2.45. The van der Waals surface area contributed by atoms with Crippen molar-refractivity contribution < 1.29 is 18.0 Å². The minimum absolute atomic E-state index is 0.103. The topological polar surface area (TPSA) is 140 Å². The van der Waals surface area contributed by atoms with Crippen molar-refractivity contribution in [3.63, 3.8) is 0 Å². The molecule has 1 aromatic carbocycles. The predicted molar refractivity (Wildman–Crippen MR) is 164 cm³/mol. The Hall–Kier alpha value is -4.02. The van der Waals surface area contributed by atoms with Crippen molar-refractivity contribution in [2.75, 3.05) is 20.6 Å². The van der Waals surface area contributed by atoms with E-state index in [2.05, 4.69) is 21.4 Å². The van der Waals surface area contributed by atoms with Crippen molar-refractivity contribution in [1.82, 2.24) is 28.8 Å². The Bertz CT molecular complexity index is 1760. The van der Waals surface area contributed by atoms with Gasteiger partial charge in [-0.05, 0) is 79.6 Å². The summed E-state index contributed by atoms with van der Waals surface area (Å²) >= 11 is 0. The lowest BCUT2D eigenvalue weighted by atomic mass is 9.83. The smallest absolute Gasteiger partial charge is 0.282 e. The minimum Gasteiger partial charge on any atom is -0.323 e. The third-order valence-electron chi connectivity index (χ3n) is 10.5. The van der Waals surface area contributed by atoms with E-state index in [-0.39, 0.29) is 30.2 Å². The number of piperidine rings is 1. The molecule has 7 rings (SSSR count). The van der Waals surface area contributed by atoms with E-state index in [0.717, 1.165) is 11.1 Å². The number of hydrogen-bond acceptors (Lipinski definition) is 8. The van der Waals surface area contributed by atoms with Crippen LogP contribution in [0.25, 0.3) is 0 Å². The van der Waals surface area contributed by atoms with E-state index in [1.54, 1.807) is 54.0 Å². The van der Waals surface area contributed by atoms with Crippen LogP contribution in [0.5, 0.6) is 0 Å². The number of pyridine rings is 2. The molecule has 2 aromatic heterocycles. The highest BCUT2D eigenvalue weighted by molar-refractivity contribution is 7.86. The number of fused-ring (bicyclic) bond motifs is 4. The number of amides is 1. The van der Waals surface area contributed by atoms with E-state index in [1.165, 1.54) is 22.7 Å². The van der Waals surface area contributed by atoms with Crippen molar-refractivity contribution in [3.8, 4) is 6.07 Å². The number of aromatic nitrogens is 2. The second kappa shape index (κ2) is 10.5. The first-order valence-corrected chi connectivity index (χ1v) is 16.6. The van der Waals surface area contributed by atoms with Gasteiger partial charge in [0.05, 0.1) is 23.3 Å². The zero-order valence-corrected chi connectivity index (χ0v) is 26.2. The van der Waals surface area contributed by atoms with Crippen LogP contribution >= 0.6 is 0 Å². The second-order valence-corrected chi connectivity index (χ2v) is 14.9. The van der Waals surface area contributed by atoms with Crippen LogP contribution < -0.4 is 5.32 Å². The maximum Gasteiger partial charge on any atom is 0.282 e. The molecule has 5 heterocycles. The van der Waals surface area contributed by atoms with Gasteiger partial charge >= 0.3 is 0 Å². The number of rotatable bonds is 7. The molecule has 1 aliphatic carbocycles. The average molecular weight is 626 g/mol. The highest BCUT2D eigenvalue weighted by Gasteiger charge is 2.77. The van der Waals surface area contributed by atoms with E-state index in [1.807, 2.05) is 31.2 Å². The largest absolute Gasteiger partial charge is 0.323 e. The summed E-state index contributed by atoms with van der Waals surface area (Å²) in [5.74, 6) is -1.42. The van der Waals surface area contributed by atoms with Crippen LogP contribution in [0.4, 0.5) is 0 Å². The fourth-order valence-corrected chi connectivity index (χ4v) is 10.1. The molecule has 2 bridgehead atoms. The van der Waals surface area contributed by atoms with Crippen LogP contribution in [-0.2, 0) is 20.5 Å². The van der Waals surface area contributed by atoms with Gasteiger partial charge in [-0.15, -0.1) is 0 Å². The van der Waals surface area contributed by atoms with Gasteiger partial charge in [0, 0.05) is 68.9 Å². The quantitative estimate of drug-likeness (QED) is 0.395. The zero-order chi connectivity index (χ0) is 31.7. The van der Waals surface area contributed by atoms with Crippen LogP contribution in [0.2, 0.25) is 0 Å². The van der Waals surface area contributed by atoms with E-state index < -0.39 is 39.3 Å². The molecule has 232 valence electrons. The summed E-state index contributed by atoms with van der Waals surface area (Å²) < 4.78 is 30.7. The van der Waals surface area contributed by atoms with E-state index >= 15 is 4.79 Å². The zero-order valence-electron chi connectivity index (χ0n) is 25.4. The van der Waals surface area contributed by atoms with Crippen molar-refractivity contribution in [3.05, 3.63) is 95.6 Å². The Labute approximate surface area is 263 Å². The van der Waals surface area contributed by atoms with Gasteiger partial charge in [0.1, 0.15) is 5.54 Å². The first kappa shape index (κ1) is 29.7. The van der Waals surface area contributed by atoms with Crippen LogP contribution in [0.15, 0.2) is 73.3 Å². The Morgan fingerprint density at radius 2 is 1.60 bits per heavy atom. The number of nitriles is 1. The fraction of sp³-hybridized carbons (Fsp3) is 0.424. The summed E-state index contributed by atoms with van der Waals surface area (Å²) in [7, 11) is -1.03. The molecule has 3 aromatic rings. The number of carbonyl (C=O) groups excluding carboxylic acids is 2. The second-order valence-electron chi connectivity index (χ2n) is 12.8. The van der Waals surface area contributed by atoms with Gasteiger partial charge in [-0.25, -0.2) is 0 Å². The van der Waals surface area contributed by atoms with Crippen molar-refractivity contribution in [2.24, 2.45) is 17.8 Å². The third-order valence-corrected chi connectivity index (χ3v) is 12.5. The van der Waals surface area contributed by atoms with Crippen LogP contribution in [0.3, 0.4) is 0 Å². The van der Waals surface area contributed by atoms with Gasteiger partial charge < -0.3 is 4.90 Å². The highest BCUT2D eigenvalue weighted by atomic mass is 32.2. The van der Waals surface area contributed by atoms with Crippen LogP contribution in [0, 0.1) is 29.1 Å². The molecule has 11 nitrogen and oxygen atoms in total. The molecule has 3 aliphatic heterocycles. The van der Waals surface area contributed by atoms with Gasteiger partial charge in [0.2, 0.25) is 5.91 Å². The van der Waals surface area contributed by atoms with Gasteiger partial charge in [-0.1, -0.05) is 12.1 Å². The summed E-state index contributed by atoms with van der Waals surface area (Å²) in [5.41, 5.74) is 0.595. The molecule has 0 radical (unpaired) electrons. The predicted octanol–water partition coefficient (Wildman–Crippen LogP) is 2.53. The molecule has 1 N–H and O–H groups in total. The number of nitrogens with one attached hydrogen (secondary N) is 1. The van der Waals surface area contributed by atoms with E-state index in [4.69, 9.17) is 0 Å². The Morgan fingerprint density at radius 1 is 1.00 bits per heavy atom. The average Bonchev–Trinajstić information content (AvgIpc) is 3.56. The minimum atomic E-state index is -4.01. The maximum atomic E-state index is 15.2. The van der Waals surface area contributed by atoms with E-state index in [9.17, 15) is 18.5 Å². The molecule has 0 spiro atoms. The first-order chi connectivity index (χ1) is 21.6. The third kappa shape index (κ3) is 4.29. The first-order valence-electron chi connectivity index (χ1n) is 15.2. The molecular formula is C33H35N7O4S. The molecule has 1 saturated carbocycles. The normalized spacial score (nSPS) is 30.1. The van der Waals surface area contributed by atoms with Crippen LogP contribution in [-0.4, -0.2) is 82.0 Å². The number of Topliss-reactive ketones (excluding diaryl/α,β-unsaturated/α-hetero) is 1. The molecule has 12 heteroatoms. The van der Waals surface area contributed by atoms with Gasteiger partial charge in [0.15, 0.2) is 5.78 Å². The lowest BCUT2D eigenvalue weighted by molar-refractivity contribution is -0.144. The molecular weight excluding hydrogens is 590 g/mol. The van der Waals surface area contributed by atoms with Crippen molar-refractivity contribution in [2.45, 2.75) is 49.5 Å². The summed E-state index contributed by atoms with van der Waals surface area (Å²) in [6, 6.07) is 15.9. The fourth-order valence-electron chi connectivity index (χ4n) is 8.43. The number of ketones is 1. The number of hydrogen-bond donors (Lipinski definition) is 1. The standard InChI is InChI=1S/C33H35N7O4S/c1-21-37-32(24-9-14-35-15-10-24,25-11-16-36-17-12-25)20-39(21)31(42)33-13-8-26(40(33)45(43,44)38(2)3)18-27-28(29(27)33)30(41)23-6-4-22(19-34)5-7-23/h4-7,9-12,14-17,21,26-29,37H,8,13,18,20H2,1-3H3. The summed E-state index contributed by atoms with van der Waals surface area (Å²) in [6.45, 7) is 2.18. The van der Waals surface area contributed by atoms with Crippen molar-refractivity contribution >= 4 is 21.9 Å².